The lowest BCUT2D eigenvalue weighted by Gasteiger charge is -2.16. The number of hydrogen-bond donors (Lipinski definition) is 4. The van der Waals surface area contributed by atoms with Crippen LogP contribution in [-0.4, -0.2) is 11.4 Å². The Bertz CT molecular complexity index is 997. The first kappa shape index (κ1) is 19.3. The Morgan fingerprint density at radius 3 is 1.62 bits per heavy atom. The van der Waals surface area contributed by atoms with Gasteiger partial charge in [0.05, 0.1) is 47.7 Å². The van der Waals surface area contributed by atoms with Crippen molar-refractivity contribution in [3.63, 3.8) is 0 Å². The summed E-state index contributed by atoms with van der Waals surface area (Å²) in [7, 11) is 0. The van der Waals surface area contributed by atoms with Crippen molar-refractivity contribution in [3.8, 4) is 30.5 Å². The predicted molar refractivity (Wildman–Crippen MR) is 94.8 cm³/mol. The largest absolute Gasteiger partial charge is 0.395 e. The Labute approximate surface area is 148 Å². The predicted octanol–water partition coefficient (Wildman–Crippen LogP) is 1.35. The average Bonchev–Trinajstić information content (AvgIpc) is 2.64. The molecule has 0 amide bonds. The number of nitrogens with one attached hydrogen (secondary N) is 1. The molecule has 7 N–H and O–H groups in total. The van der Waals surface area contributed by atoms with Crippen molar-refractivity contribution >= 4 is 45.5 Å². The Balaban J connectivity index is 3.93. The minimum absolute atomic E-state index is 0.0456. The molecule has 0 radical (unpaired) electrons. The van der Waals surface area contributed by atoms with Gasteiger partial charge in [-0.15, -0.1) is 0 Å². The molecule has 0 aromatic heterocycles. The highest BCUT2D eigenvalue weighted by Crippen LogP contribution is 2.48. The van der Waals surface area contributed by atoms with Gasteiger partial charge in [-0.1, -0.05) is 0 Å². The van der Waals surface area contributed by atoms with Gasteiger partial charge in [0.1, 0.15) is 34.9 Å². The van der Waals surface area contributed by atoms with Crippen LogP contribution in [0.4, 0.5) is 34.1 Å². The van der Waals surface area contributed by atoms with Crippen molar-refractivity contribution in [2.24, 2.45) is 9.98 Å². The summed E-state index contributed by atoms with van der Waals surface area (Å²) in [6.07, 6.45) is 1.02. The van der Waals surface area contributed by atoms with E-state index in [9.17, 15) is 0 Å². The normalized spacial score (nSPS) is 10.6. The zero-order valence-electron chi connectivity index (χ0n) is 13.3. The van der Waals surface area contributed by atoms with Gasteiger partial charge in [0, 0.05) is 0 Å². The standard InChI is InChI=1S/C15H11N11/c16-3-1-8(5-18)25-14-11(22)10(21)13(24-7-20)12(23)15(14)26-9(6-19)2-4-17/h24H,1-2,21-23H2. The van der Waals surface area contributed by atoms with Crippen LogP contribution in [0.3, 0.4) is 0 Å². The van der Waals surface area contributed by atoms with Gasteiger partial charge in [0.25, 0.3) is 0 Å². The van der Waals surface area contributed by atoms with Crippen LogP contribution in [-0.2, 0) is 0 Å². The van der Waals surface area contributed by atoms with E-state index < -0.39 is 0 Å². The summed E-state index contributed by atoms with van der Waals surface area (Å²) in [6, 6.07) is 7.00. The number of nitriles is 5. The van der Waals surface area contributed by atoms with Gasteiger partial charge in [0.2, 0.25) is 0 Å². The minimum atomic E-state index is -0.312. The van der Waals surface area contributed by atoms with Gasteiger partial charge in [-0.25, -0.2) is 9.98 Å². The molecular formula is C15H11N11. The van der Waals surface area contributed by atoms with Crippen molar-refractivity contribution in [3.05, 3.63) is 0 Å². The highest BCUT2D eigenvalue weighted by Gasteiger charge is 2.20. The second-order valence-corrected chi connectivity index (χ2v) is 4.56. The molecule has 11 heteroatoms. The van der Waals surface area contributed by atoms with Crippen LogP contribution in [0.5, 0.6) is 0 Å². The fraction of sp³-hybridized carbons (Fsp3) is 0.133. The maximum Gasteiger partial charge on any atom is 0.181 e. The number of nitrogens with two attached hydrogens (primary N) is 3. The number of benzene rings is 1. The SMILES string of the molecule is N#CCC(C#N)=Nc1c(N)c(N)c(NC#N)c(N)c1N=C(C#N)CC#N. The number of nitrogen functional groups attached to an aromatic ring is 3. The molecule has 0 aliphatic heterocycles. The smallest absolute Gasteiger partial charge is 0.181 e. The van der Waals surface area contributed by atoms with Crippen molar-refractivity contribution in [2.45, 2.75) is 12.8 Å². The van der Waals surface area contributed by atoms with E-state index in [1.165, 1.54) is 0 Å². The molecule has 1 aromatic carbocycles. The van der Waals surface area contributed by atoms with E-state index >= 15 is 0 Å². The summed E-state index contributed by atoms with van der Waals surface area (Å²) in [4.78, 5) is 7.96. The van der Waals surface area contributed by atoms with E-state index in [0.717, 1.165) is 0 Å². The lowest BCUT2D eigenvalue weighted by molar-refractivity contribution is 1.34. The van der Waals surface area contributed by atoms with Crippen LogP contribution in [0.1, 0.15) is 12.8 Å². The summed E-state index contributed by atoms with van der Waals surface area (Å²) in [5, 5.41) is 46.7. The van der Waals surface area contributed by atoms with E-state index in [1.807, 2.05) is 0 Å². The number of hydrogen-bond acceptors (Lipinski definition) is 11. The van der Waals surface area contributed by atoms with Crippen molar-refractivity contribution in [1.82, 2.24) is 0 Å². The molecule has 0 saturated carbocycles. The molecule has 11 nitrogen and oxygen atoms in total. The summed E-state index contributed by atoms with van der Waals surface area (Å²) in [5.74, 6) is 0. The summed E-state index contributed by atoms with van der Waals surface area (Å²) < 4.78 is 0. The van der Waals surface area contributed by atoms with E-state index in [2.05, 4.69) is 15.3 Å². The van der Waals surface area contributed by atoms with E-state index in [0.29, 0.717) is 0 Å². The average molecular weight is 345 g/mol. The lowest BCUT2D eigenvalue weighted by atomic mass is 10.1. The van der Waals surface area contributed by atoms with Crippen LogP contribution >= 0.6 is 0 Å². The highest BCUT2D eigenvalue weighted by atomic mass is 15.0. The van der Waals surface area contributed by atoms with Crippen LogP contribution in [0.25, 0.3) is 0 Å². The lowest BCUT2D eigenvalue weighted by Crippen LogP contribution is -2.06. The number of rotatable bonds is 5. The third-order valence-corrected chi connectivity index (χ3v) is 2.99. The Hall–Kier alpha value is -4.79. The molecule has 0 fully saturated rings. The highest BCUT2D eigenvalue weighted by molar-refractivity contribution is 6.11. The zero-order chi connectivity index (χ0) is 19.7. The van der Waals surface area contributed by atoms with E-state index in [-0.39, 0.29) is 58.4 Å². The van der Waals surface area contributed by atoms with Crippen LogP contribution in [0.2, 0.25) is 0 Å². The fourth-order valence-electron chi connectivity index (χ4n) is 1.83. The first-order valence-corrected chi connectivity index (χ1v) is 6.79. The molecule has 126 valence electrons. The molecule has 0 spiro atoms. The van der Waals surface area contributed by atoms with Crippen LogP contribution in [0, 0.1) is 56.8 Å². The van der Waals surface area contributed by atoms with Gasteiger partial charge in [-0.3, -0.25) is 5.32 Å². The van der Waals surface area contributed by atoms with Crippen molar-refractivity contribution in [2.75, 3.05) is 22.5 Å². The molecule has 0 heterocycles. The topological polar surface area (TPSA) is 234 Å². The first-order chi connectivity index (χ1) is 12.4. The van der Waals surface area contributed by atoms with Gasteiger partial charge in [0.15, 0.2) is 6.19 Å². The number of anilines is 4. The second-order valence-electron chi connectivity index (χ2n) is 4.56. The summed E-state index contributed by atoms with van der Waals surface area (Å²) in [6.45, 7) is 0. The molecule has 0 aliphatic rings. The molecular weight excluding hydrogens is 334 g/mol. The molecule has 26 heavy (non-hydrogen) atoms. The molecule has 0 bridgehead atoms. The van der Waals surface area contributed by atoms with Gasteiger partial charge < -0.3 is 17.2 Å². The van der Waals surface area contributed by atoms with Crippen LogP contribution < -0.4 is 22.5 Å². The maximum absolute atomic E-state index is 9.08. The molecule has 1 aromatic rings. The molecule has 1 rings (SSSR count). The van der Waals surface area contributed by atoms with Crippen molar-refractivity contribution in [1.29, 1.82) is 26.3 Å². The minimum Gasteiger partial charge on any atom is -0.395 e. The summed E-state index contributed by atoms with van der Waals surface area (Å²) in [5.41, 5.74) is 16.6. The maximum atomic E-state index is 9.08. The van der Waals surface area contributed by atoms with Gasteiger partial charge in [-0.2, -0.15) is 26.3 Å². The second kappa shape index (κ2) is 8.74. The van der Waals surface area contributed by atoms with Gasteiger partial charge in [-0.05, 0) is 0 Å². The molecule has 0 atom stereocenters. The Kier molecular flexibility index (Phi) is 6.47. The third-order valence-electron chi connectivity index (χ3n) is 2.99. The Morgan fingerprint density at radius 1 is 0.769 bits per heavy atom. The van der Waals surface area contributed by atoms with Gasteiger partial charge >= 0.3 is 0 Å². The zero-order valence-corrected chi connectivity index (χ0v) is 13.3. The third kappa shape index (κ3) is 3.94. The molecule has 0 aliphatic carbocycles. The number of nitrogens with zero attached hydrogens (tertiary/aromatic N) is 7. The molecule has 0 unspecified atom stereocenters. The molecule has 0 saturated heterocycles. The quantitative estimate of drug-likeness (QED) is 0.260. The van der Waals surface area contributed by atoms with Crippen molar-refractivity contribution < 1.29 is 0 Å². The Morgan fingerprint density at radius 2 is 1.23 bits per heavy atom. The first-order valence-electron chi connectivity index (χ1n) is 6.79. The van der Waals surface area contributed by atoms with E-state index in [4.69, 9.17) is 43.5 Å². The van der Waals surface area contributed by atoms with E-state index in [1.54, 1.807) is 30.5 Å². The summed E-state index contributed by atoms with van der Waals surface area (Å²) >= 11 is 0. The fourth-order valence-corrected chi connectivity index (χ4v) is 1.83. The number of aliphatic imine (C=N–C) groups is 2. The monoisotopic (exact) mass is 345 g/mol. The van der Waals surface area contributed by atoms with Crippen LogP contribution in [0.15, 0.2) is 9.98 Å².